The number of carbonyl (C=O) groups is 3. The molecule has 0 saturated carbocycles. The Kier molecular flexibility index (Phi) is 9.16. The summed E-state index contributed by atoms with van der Waals surface area (Å²) in [6, 6.07) is 12.9. The van der Waals surface area contributed by atoms with Crippen molar-refractivity contribution >= 4 is 34.8 Å². The number of aromatic nitrogens is 2. The van der Waals surface area contributed by atoms with Gasteiger partial charge in [-0.2, -0.15) is 0 Å². The van der Waals surface area contributed by atoms with Gasteiger partial charge in [0, 0.05) is 56.9 Å². The van der Waals surface area contributed by atoms with Crippen LogP contribution in [0.1, 0.15) is 56.1 Å². The second-order valence-electron chi connectivity index (χ2n) is 13.3. The molecule has 7 rings (SSSR count). The Labute approximate surface area is 273 Å². The summed E-state index contributed by atoms with van der Waals surface area (Å²) in [4.78, 5) is 69.4. The van der Waals surface area contributed by atoms with Crippen molar-refractivity contribution in [3.63, 3.8) is 0 Å². The number of aromatic amines is 2. The molecule has 13 nitrogen and oxygen atoms in total. The number of hydrogen-bond donors (Lipinski definition) is 4. The molecule has 4 aliphatic rings. The third-order valence-electron chi connectivity index (χ3n) is 10.2. The Bertz CT molecular complexity index is 1650. The number of fused-ring (bicyclic) bond motifs is 2. The molecule has 1 atom stereocenters. The number of benzene rings is 2. The molecule has 0 bridgehead atoms. The largest absolute Gasteiger partial charge is 0.426 e. The number of amides is 4. The first-order valence-corrected chi connectivity index (χ1v) is 17.0. The number of nitrogens with zero attached hydrogens (tertiary/aromatic N) is 4. The molecular weight excluding hydrogens is 600 g/mol. The minimum atomic E-state index is -0.827. The maximum atomic E-state index is 13.9. The van der Waals surface area contributed by atoms with Gasteiger partial charge in [-0.3, -0.25) is 4.79 Å². The van der Waals surface area contributed by atoms with Crippen LogP contribution >= 0.6 is 0 Å². The van der Waals surface area contributed by atoms with Crippen LogP contribution in [0.2, 0.25) is 0 Å². The maximum Gasteiger partial charge on any atom is 0.426 e. The average Bonchev–Trinajstić information content (AvgIpc) is 3.47. The van der Waals surface area contributed by atoms with Gasteiger partial charge in [0.25, 0.3) is 0 Å². The van der Waals surface area contributed by atoms with Crippen molar-refractivity contribution in [2.75, 3.05) is 44.6 Å². The Morgan fingerprint density at radius 1 is 0.851 bits per heavy atom. The van der Waals surface area contributed by atoms with Gasteiger partial charge in [-0.25, -0.2) is 14.4 Å². The van der Waals surface area contributed by atoms with Crippen LogP contribution in [0.5, 0.6) is 0 Å². The first-order chi connectivity index (χ1) is 22.9. The zero-order chi connectivity index (χ0) is 32.3. The fourth-order valence-electron chi connectivity index (χ4n) is 7.65. The molecule has 1 aromatic heterocycles. The first kappa shape index (κ1) is 31.3. The fraction of sp³-hybridized carbons (Fsp3) is 0.529. The maximum absolute atomic E-state index is 13.9. The molecule has 47 heavy (non-hydrogen) atoms. The molecule has 4 N–H and O–H groups in total. The van der Waals surface area contributed by atoms with Gasteiger partial charge in [0.2, 0.25) is 5.91 Å². The summed E-state index contributed by atoms with van der Waals surface area (Å²) in [5.74, 6) is -0.128. The monoisotopic (exact) mass is 644 g/mol. The number of hydroxylamine groups is 2. The van der Waals surface area contributed by atoms with Crippen LogP contribution < -0.4 is 16.3 Å². The van der Waals surface area contributed by atoms with E-state index in [1.54, 1.807) is 11.1 Å². The van der Waals surface area contributed by atoms with E-state index in [2.05, 4.69) is 25.5 Å². The van der Waals surface area contributed by atoms with Gasteiger partial charge in [-0.05, 0) is 80.9 Å². The molecule has 5 heterocycles. The van der Waals surface area contributed by atoms with E-state index >= 15 is 0 Å². The molecule has 0 aliphatic carbocycles. The van der Waals surface area contributed by atoms with Crippen molar-refractivity contribution < 1.29 is 19.2 Å². The second kappa shape index (κ2) is 13.8. The van der Waals surface area contributed by atoms with E-state index < -0.39 is 12.1 Å². The molecule has 3 fully saturated rings. The lowest BCUT2D eigenvalue weighted by molar-refractivity contribution is -0.137. The SMILES string of the molecule is O=C(NC(Cc1ccc2[nH]c(=O)[nH]c2c1)C(=O)N1CCC(N2CCCCC2)CC1)ON1CCC(N2Cc3ccccc3NC2=O)CC1. The van der Waals surface area contributed by atoms with Crippen molar-refractivity contribution in [1.29, 1.82) is 0 Å². The average molecular weight is 645 g/mol. The van der Waals surface area contributed by atoms with Crippen LogP contribution in [0, 0.1) is 0 Å². The molecule has 13 heteroatoms. The number of carbonyl (C=O) groups excluding carboxylic acids is 3. The number of H-pyrrole nitrogens is 2. The molecule has 4 aliphatic heterocycles. The highest BCUT2D eigenvalue weighted by Gasteiger charge is 2.35. The lowest BCUT2D eigenvalue weighted by Gasteiger charge is -2.41. The number of piperidine rings is 3. The summed E-state index contributed by atoms with van der Waals surface area (Å²) < 4.78 is 0. The first-order valence-electron chi connectivity index (χ1n) is 17.0. The Hall–Kier alpha value is -4.36. The third kappa shape index (κ3) is 7.15. The molecule has 0 spiro atoms. The molecule has 3 saturated heterocycles. The summed E-state index contributed by atoms with van der Waals surface area (Å²) in [6.07, 6.45) is 6.53. The number of para-hydroxylation sites is 1. The van der Waals surface area contributed by atoms with Gasteiger partial charge in [0.05, 0.1) is 11.0 Å². The summed E-state index contributed by atoms with van der Waals surface area (Å²) in [5, 5.41) is 7.47. The Morgan fingerprint density at radius 2 is 1.57 bits per heavy atom. The van der Waals surface area contributed by atoms with Crippen LogP contribution in [0.25, 0.3) is 11.0 Å². The number of anilines is 1. The standard InChI is InChI=1S/C34H44N8O5/c43-31(40-16-10-25(11-17-40)39-14-4-1-5-15-39)30(21-23-8-9-28-29(20-23)36-32(44)35-28)38-34(46)47-41-18-12-26(13-19-41)42-22-24-6-2-3-7-27(24)37-33(42)45/h2-3,6-9,20,25-26,30H,1,4-5,10-19,21-22H2,(H,37,45)(H,38,46)(H2,35,36,44). The third-order valence-corrected chi connectivity index (χ3v) is 10.2. The van der Waals surface area contributed by atoms with Crippen LogP contribution in [0.3, 0.4) is 0 Å². The minimum Gasteiger partial charge on any atom is -0.351 e. The van der Waals surface area contributed by atoms with Gasteiger partial charge in [-0.1, -0.05) is 30.7 Å². The van der Waals surface area contributed by atoms with Gasteiger partial charge < -0.3 is 40.1 Å². The Morgan fingerprint density at radius 3 is 2.36 bits per heavy atom. The number of urea groups is 1. The molecule has 1 unspecified atom stereocenters. The predicted octanol–water partition coefficient (Wildman–Crippen LogP) is 3.40. The molecule has 0 radical (unpaired) electrons. The van der Waals surface area contributed by atoms with Crippen LogP contribution in [-0.2, 0) is 22.6 Å². The van der Waals surface area contributed by atoms with Gasteiger partial charge in [0.1, 0.15) is 6.04 Å². The number of hydrogen-bond acceptors (Lipinski definition) is 7. The van der Waals surface area contributed by atoms with E-state index in [0.29, 0.717) is 62.6 Å². The van der Waals surface area contributed by atoms with Crippen molar-refractivity contribution in [3.8, 4) is 0 Å². The molecule has 250 valence electrons. The smallest absolute Gasteiger partial charge is 0.351 e. The second-order valence-corrected chi connectivity index (χ2v) is 13.3. The number of likely N-dealkylation sites (tertiary alicyclic amines) is 2. The molecule has 3 aromatic rings. The normalized spacial score (nSPS) is 20.9. The zero-order valence-corrected chi connectivity index (χ0v) is 26.7. The van der Waals surface area contributed by atoms with Gasteiger partial charge >= 0.3 is 17.8 Å². The number of imidazole rings is 1. The van der Waals surface area contributed by atoms with E-state index in [-0.39, 0.29) is 30.1 Å². The Balaban J connectivity index is 0.971. The predicted molar refractivity (Wildman–Crippen MR) is 177 cm³/mol. The topological polar surface area (TPSA) is 146 Å². The van der Waals surface area contributed by atoms with E-state index in [4.69, 9.17) is 4.84 Å². The van der Waals surface area contributed by atoms with Crippen molar-refractivity contribution in [2.45, 2.75) is 76.0 Å². The van der Waals surface area contributed by atoms with Crippen molar-refractivity contribution in [3.05, 3.63) is 64.1 Å². The van der Waals surface area contributed by atoms with Gasteiger partial charge in [0.15, 0.2) is 0 Å². The fourth-order valence-corrected chi connectivity index (χ4v) is 7.65. The molecule has 4 amide bonds. The van der Waals surface area contributed by atoms with E-state index in [0.717, 1.165) is 42.7 Å². The number of nitrogens with one attached hydrogen (secondary N) is 4. The summed E-state index contributed by atoms with van der Waals surface area (Å²) >= 11 is 0. The molecule has 2 aromatic carbocycles. The summed E-state index contributed by atoms with van der Waals surface area (Å²) in [6.45, 7) is 5.07. The summed E-state index contributed by atoms with van der Waals surface area (Å²) in [7, 11) is 0. The lowest BCUT2D eigenvalue weighted by Crippen LogP contribution is -2.55. The highest BCUT2D eigenvalue weighted by atomic mass is 16.7. The van der Waals surface area contributed by atoms with E-state index in [1.165, 1.54) is 19.3 Å². The zero-order valence-electron chi connectivity index (χ0n) is 26.7. The molecular formula is C34H44N8O5. The highest BCUT2D eigenvalue weighted by molar-refractivity contribution is 5.92. The lowest BCUT2D eigenvalue weighted by atomic mass is 9.98. The van der Waals surface area contributed by atoms with Crippen LogP contribution in [-0.4, -0.2) is 105 Å². The van der Waals surface area contributed by atoms with Crippen molar-refractivity contribution in [1.82, 2.24) is 35.0 Å². The minimum absolute atomic E-state index is 0.0308. The van der Waals surface area contributed by atoms with Crippen LogP contribution in [0.15, 0.2) is 47.3 Å². The van der Waals surface area contributed by atoms with Crippen molar-refractivity contribution in [2.24, 2.45) is 0 Å². The quantitative estimate of drug-likeness (QED) is 0.309. The summed E-state index contributed by atoms with van der Waals surface area (Å²) in [5.41, 5.74) is 3.79. The van der Waals surface area contributed by atoms with E-state index in [1.807, 2.05) is 46.2 Å². The van der Waals surface area contributed by atoms with Crippen LogP contribution in [0.4, 0.5) is 15.3 Å². The van der Waals surface area contributed by atoms with E-state index in [9.17, 15) is 19.2 Å². The van der Waals surface area contributed by atoms with Gasteiger partial charge in [-0.15, -0.1) is 5.06 Å². The highest BCUT2D eigenvalue weighted by Crippen LogP contribution is 2.28. The number of rotatable bonds is 7.